The molecule has 0 N–H and O–H groups in total. The molecule has 1 aliphatic rings. The Kier molecular flexibility index (Phi) is 7.40. The molecule has 3 aromatic rings. The van der Waals surface area contributed by atoms with Gasteiger partial charge in [0, 0.05) is 20.1 Å². The number of rotatable bonds is 8. The first-order valence-corrected chi connectivity index (χ1v) is 11.1. The molecule has 0 radical (unpaired) electrons. The maximum absolute atomic E-state index is 13.4. The van der Waals surface area contributed by atoms with E-state index in [1.807, 2.05) is 0 Å². The molecule has 0 saturated heterocycles. The van der Waals surface area contributed by atoms with Crippen LogP contribution in [0.15, 0.2) is 76.4 Å². The molecule has 0 fully saturated rings. The van der Waals surface area contributed by atoms with E-state index in [4.69, 9.17) is 20.8 Å². The molecule has 9 heteroatoms. The van der Waals surface area contributed by atoms with Crippen LogP contribution in [0.2, 0.25) is 5.02 Å². The van der Waals surface area contributed by atoms with Crippen molar-refractivity contribution >= 4 is 29.1 Å². The van der Waals surface area contributed by atoms with E-state index in [9.17, 15) is 14.0 Å². The summed E-state index contributed by atoms with van der Waals surface area (Å²) in [5.41, 5.74) is 1.62. The molecule has 0 aliphatic carbocycles. The molecule has 0 unspecified atom stereocenters. The molecule has 1 atom stereocenters. The van der Waals surface area contributed by atoms with Gasteiger partial charge in [-0.25, -0.2) is 9.40 Å². The summed E-state index contributed by atoms with van der Waals surface area (Å²) < 4.78 is 24.1. The molecule has 0 saturated carbocycles. The highest BCUT2D eigenvalue weighted by Gasteiger charge is 2.36. The quantitative estimate of drug-likeness (QED) is 0.471. The predicted octanol–water partition coefficient (Wildman–Crippen LogP) is 4.54. The number of hydrazone groups is 1. The van der Waals surface area contributed by atoms with Gasteiger partial charge < -0.3 is 14.1 Å². The summed E-state index contributed by atoms with van der Waals surface area (Å²) in [6.07, 6.45) is 1.92. The number of furan rings is 1. The molecule has 2 amide bonds. The molecule has 34 heavy (non-hydrogen) atoms. The predicted molar refractivity (Wildman–Crippen MR) is 125 cm³/mol. The largest absolute Gasteiger partial charge is 0.467 e. The van der Waals surface area contributed by atoms with Gasteiger partial charge in [0.25, 0.3) is 11.8 Å². The highest BCUT2D eigenvalue weighted by Crippen LogP contribution is 2.33. The zero-order valence-corrected chi connectivity index (χ0v) is 19.2. The lowest BCUT2D eigenvalue weighted by atomic mass is 10.0. The lowest BCUT2D eigenvalue weighted by Crippen LogP contribution is -2.42. The normalized spacial score (nSPS) is 15.3. The maximum atomic E-state index is 13.4. The second-order valence-corrected chi connectivity index (χ2v) is 8.13. The van der Waals surface area contributed by atoms with Crippen molar-refractivity contribution in [3.8, 4) is 0 Å². The van der Waals surface area contributed by atoms with E-state index in [2.05, 4.69) is 5.10 Å². The van der Waals surface area contributed by atoms with Gasteiger partial charge in [-0.05, 0) is 42.0 Å². The zero-order chi connectivity index (χ0) is 24.1. The van der Waals surface area contributed by atoms with Crippen LogP contribution in [0.4, 0.5) is 4.39 Å². The number of benzene rings is 2. The van der Waals surface area contributed by atoms with Crippen LogP contribution < -0.4 is 0 Å². The number of ether oxygens (including phenoxy) is 1. The molecular formula is C25H23ClFN3O4. The van der Waals surface area contributed by atoms with E-state index in [0.717, 1.165) is 0 Å². The molecule has 176 valence electrons. The van der Waals surface area contributed by atoms with Crippen molar-refractivity contribution in [2.24, 2.45) is 5.10 Å². The number of carbonyl (C=O) groups excluding carboxylic acids is 2. The van der Waals surface area contributed by atoms with Crippen LogP contribution in [0, 0.1) is 5.82 Å². The molecule has 0 bridgehead atoms. The van der Waals surface area contributed by atoms with Crippen LogP contribution in [0.5, 0.6) is 0 Å². The average molecular weight is 484 g/mol. The van der Waals surface area contributed by atoms with Crippen LogP contribution in [0.1, 0.15) is 34.1 Å². The Labute approximate surface area is 201 Å². The van der Waals surface area contributed by atoms with Crippen LogP contribution in [0.3, 0.4) is 0 Å². The first-order chi connectivity index (χ1) is 16.5. The molecule has 7 nitrogen and oxygen atoms in total. The van der Waals surface area contributed by atoms with Gasteiger partial charge in [0.2, 0.25) is 0 Å². The van der Waals surface area contributed by atoms with Crippen molar-refractivity contribution in [3.05, 3.63) is 94.7 Å². The van der Waals surface area contributed by atoms with Gasteiger partial charge in [-0.1, -0.05) is 35.9 Å². The van der Waals surface area contributed by atoms with Gasteiger partial charge in [0.1, 0.15) is 24.2 Å². The van der Waals surface area contributed by atoms with E-state index >= 15 is 0 Å². The van der Waals surface area contributed by atoms with Gasteiger partial charge in [-0.3, -0.25) is 9.59 Å². The lowest BCUT2D eigenvalue weighted by Gasteiger charge is -2.26. The number of methoxy groups -OCH3 is 1. The topological polar surface area (TPSA) is 75.3 Å². The number of amides is 2. The zero-order valence-electron chi connectivity index (χ0n) is 18.5. The average Bonchev–Trinajstić information content (AvgIpc) is 3.52. The minimum absolute atomic E-state index is 0.195. The van der Waals surface area contributed by atoms with E-state index in [-0.39, 0.29) is 31.4 Å². The first-order valence-electron chi connectivity index (χ1n) is 10.7. The van der Waals surface area contributed by atoms with Crippen LogP contribution in [-0.2, 0) is 9.53 Å². The van der Waals surface area contributed by atoms with Gasteiger partial charge in [0.05, 0.1) is 29.2 Å². The highest BCUT2D eigenvalue weighted by molar-refractivity contribution is 6.33. The van der Waals surface area contributed by atoms with E-state index in [1.165, 1.54) is 35.4 Å². The summed E-state index contributed by atoms with van der Waals surface area (Å²) in [5.74, 6) is -0.567. The van der Waals surface area contributed by atoms with Gasteiger partial charge in [-0.15, -0.1) is 0 Å². The number of halogens is 2. The Morgan fingerprint density at radius 2 is 1.94 bits per heavy atom. The molecule has 0 spiro atoms. The molecule has 1 aromatic heterocycles. The molecule has 4 rings (SSSR count). The molecule has 1 aliphatic heterocycles. The van der Waals surface area contributed by atoms with Gasteiger partial charge in [-0.2, -0.15) is 5.10 Å². The Hall–Kier alpha value is -3.49. The van der Waals surface area contributed by atoms with Crippen molar-refractivity contribution in [1.29, 1.82) is 0 Å². The number of carbonyl (C=O) groups is 2. The summed E-state index contributed by atoms with van der Waals surface area (Å²) in [6.45, 7) is 0.208. The molecular weight excluding hydrogens is 461 g/mol. The fraction of sp³-hybridized carbons (Fsp3) is 0.240. The molecule has 2 aromatic carbocycles. The van der Waals surface area contributed by atoms with Gasteiger partial charge >= 0.3 is 0 Å². The highest BCUT2D eigenvalue weighted by atomic mass is 35.5. The minimum atomic E-state index is -0.484. The Morgan fingerprint density at radius 3 is 2.62 bits per heavy atom. The summed E-state index contributed by atoms with van der Waals surface area (Å²) >= 11 is 6.21. The monoisotopic (exact) mass is 483 g/mol. The minimum Gasteiger partial charge on any atom is -0.467 e. The van der Waals surface area contributed by atoms with Crippen molar-refractivity contribution in [2.45, 2.75) is 12.5 Å². The van der Waals surface area contributed by atoms with Gasteiger partial charge in [0.15, 0.2) is 0 Å². The van der Waals surface area contributed by atoms with Crippen molar-refractivity contribution < 1.29 is 23.1 Å². The van der Waals surface area contributed by atoms with E-state index in [0.29, 0.717) is 34.0 Å². The SMILES string of the molecule is COCCN(CC(=O)N1N=C(c2ccc(F)cc2)C[C@@H]1c1ccco1)C(=O)c1ccccc1Cl. The van der Waals surface area contributed by atoms with Crippen molar-refractivity contribution in [1.82, 2.24) is 9.91 Å². The summed E-state index contributed by atoms with van der Waals surface area (Å²) in [4.78, 5) is 28.0. The van der Waals surface area contributed by atoms with E-state index < -0.39 is 11.9 Å². The third kappa shape index (κ3) is 5.18. The first kappa shape index (κ1) is 23.7. The number of nitrogens with zero attached hydrogens (tertiary/aromatic N) is 3. The maximum Gasteiger partial charge on any atom is 0.262 e. The third-order valence-electron chi connectivity index (χ3n) is 5.50. The second-order valence-electron chi connectivity index (χ2n) is 7.73. The second kappa shape index (κ2) is 10.6. The Balaban J connectivity index is 1.60. The summed E-state index contributed by atoms with van der Waals surface area (Å²) in [7, 11) is 1.52. The number of hydrogen-bond donors (Lipinski definition) is 0. The van der Waals surface area contributed by atoms with Crippen molar-refractivity contribution in [3.63, 3.8) is 0 Å². The van der Waals surface area contributed by atoms with Crippen molar-refractivity contribution in [2.75, 3.05) is 26.8 Å². The standard InChI is InChI=1S/C25H23ClFN3O4/c1-33-14-12-29(25(32)19-5-2-3-6-20(19)26)16-24(31)30-22(23-7-4-13-34-23)15-21(28-30)17-8-10-18(27)11-9-17/h2-11,13,22H,12,14-16H2,1H3/t22-/m1/s1. The fourth-order valence-corrected chi connectivity index (χ4v) is 3.97. The van der Waals surface area contributed by atoms with Crippen LogP contribution in [0.25, 0.3) is 0 Å². The Bertz CT molecular complexity index is 1180. The summed E-state index contributed by atoms with van der Waals surface area (Å²) in [5, 5.41) is 6.16. The fourth-order valence-electron chi connectivity index (χ4n) is 3.75. The number of hydrogen-bond acceptors (Lipinski definition) is 5. The third-order valence-corrected chi connectivity index (χ3v) is 5.83. The Morgan fingerprint density at radius 1 is 1.18 bits per heavy atom. The van der Waals surface area contributed by atoms with Crippen LogP contribution >= 0.6 is 11.6 Å². The van der Waals surface area contributed by atoms with E-state index in [1.54, 1.807) is 48.5 Å². The molecule has 2 heterocycles. The lowest BCUT2D eigenvalue weighted by molar-refractivity contribution is -0.134. The van der Waals surface area contributed by atoms with Crippen LogP contribution in [-0.4, -0.2) is 54.2 Å². The smallest absolute Gasteiger partial charge is 0.262 e. The summed E-state index contributed by atoms with van der Waals surface area (Å²) in [6, 6.07) is 15.6.